The van der Waals surface area contributed by atoms with Crippen LogP contribution in [0.5, 0.6) is 11.5 Å². The third-order valence-electron chi connectivity index (χ3n) is 12.9. The molecule has 0 bridgehead atoms. The third kappa shape index (κ3) is 4.53. The number of thiophene rings is 1. The molecule has 10 aromatic carbocycles. The minimum Gasteiger partial charge on any atom is -0.456 e. The minimum atomic E-state index is -0.571. The topological polar surface area (TPSA) is 12.5 Å². The fraction of sp³-hybridized carbons (Fsp3) is 0.0175. The van der Waals surface area contributed by atoms with Crippen molar-refractivity contribution in [3.05, 3.63) is 235 Å². The molecule has 2 aliphatic rings. The quantitative estimate of drug-likeness (QED) is 0.176. The Morgan fingerprint density at radius 1 is 0.383 bits per heavy atom. The molecule has 280 valence electrons. The lowest BCUT2D eigenvalue weighted by Gasteiger charge is -2.39. The van der Waals surface area contributed by atoms with Crippen LogP contribution in [-0.2, 0) is 5.41 Å². The van der Waals surface area contributed by atoms with Gasteiger partial charge >= 0.3 is 0 Å². The molecule has 0 N–H and O–H groups in total. The van der Waals surface area contributed by atoms with Gasteiger partial charge in [-0.1, -0.05) is 176 Å². The third-order valence-corrected chi connectivity index (χ3v) is 14.1. The minimum absolute atomic E-state index is 0.571. The molecule has 0 fully saturated rings. The number of anilines is 3. The van der Waals surface area contributed by atoms with E-state index in [1.807, 2.05) is 11.3 Å². The highest BCUT2D eigenvalue weighted by atomic mass is 32.1. The van der Waals surface area contributed by atoms with Crippen LogP contribution < -0.4 is 9.64 Å². The summed E-state index contributed by atoms with van der Waals surface area (Å²) in [4.78, 5) is 2.46. The fourth-order valence-corrected chi connectivity index (χ4v) is 11.7. The van der Waals surface area contributed by atoms with E-state index >= 15 is 0 Å². The van der Waals surface area contributed by atoms with Crippen LogP contribution in [0.25, 0.3) is 64.0 Å². The normalized spacial score (nSPS) is 14.9. The van der Waals surface area contributed by atoms with Crippen LogP contribution in [0.3, 0.4) is 0 Å². The summed E-state index contributed by atoms with van der Waals surface area (Å²) in [5.41, 5.74) is 12.8. The van der Waals surface area contributed by atoms with Crippen LogP contribution >= 0.6 is 11.3 Å². The van der Waals surface area contributed by atoms with Gasteiger partial charge in [0.1, 0.15) is 11.5 Å². The molecule has 0 radical (unpaired) electrons. The number of benzene rings is 10. The number of nitrogens with zero attached hydrogens (tertiary/aromatic N) is 1. The molecule has 1 atom stereocenters. The van der Waals surface area contributed by atoms with Crippen LogP contribution in [0.1, 0.15) is 22.3 Å². The predicted molar refractivity (Wildman–Crippen MR) is 252 cm³/mol. The van der Waals surface area contributed by atoms with Gasteiger partial charge in [-0.3, -0.25) is 0 Å². The van der Waals surface area contributed by atoms with Crippen molar-refractivity contribution in [2.24, 2.45) is 0 Å². The van der Waals surface area contributed by atoms with Gasteiger partial charge < -0.3 is 9.64 Å². The zero-order chi connectivity index (χ0) is 39.4. The van der Waals surface area contributed by atoms with Crippen molar-refractivity contribution >= 4 is 70.1 Å². The second-order valence-electron chi connectivity index (χ2n) is 15.9. The fourth-order valence-electron chi connectivity index (χ4n) is 10.5. The smallest absolute Gasteiger partial charge is 0.140 e. The van der Waals surface area contributed by atoms with Gasteiger partial charge in [-0.15, -0.1) is 11.3 Å². The molecule has 13 rings (SSSR count). The first-order valence-electron chi connectivity index (χ1n) is 20.6. The molecule has 1 unspecified atom stereocenters. The van der Waals surface area contributed by atoms with Crippen molar-refractivity contribution in [1.82, 2.24) is 0 Å². The summed E-state index contributed by atoms with van der Waals surface area (Å²) in [7, 11) is 0. The van der Waals surface area contributed by atoms with Gasteiger partial charge in [-0.2, -0.15) is 0 Å². The lowest BCUT2D eigenvalue weighted by atomic mass is 9.65. The lowest BCUT2D eigenvalue weighted by Crippen LogP contribution is -2.32. The van der Waals surface area contributed by atoms with Gasteiger partial charge in [0.15, 0.2) is 0 Å². The van der Waals surface area contributed by atoms with Gasteiger partial charge in [-0.05, 0) is 80.6 Å². The summed E-state index contributed by atoms with van der Waals surface area (Å²) in [5.74, 6) is 1.84. The first-order chi connectivity index (χ1) is 29.8. The van der Waals surface area contributed by atoms with Gasteiger partial charge in [0.2, 0.25) is 0 Å². The van der Waals surface area contributed by atoms with E-state index in [2.05, 4.69) is 217 Å². The standard InChI is InChI=1S/C57H35NOS/c1-2-17-37(18-3-1)58(51-29-15-25-44-42-22-9-13-31-53(42)60-56(44)51)50-35-33-40(39-20-6-7-21-41(39)50)43-24-14-28-48-54(43)45-23-8-10-26-46(45)57(48)47-27-11-12-30-52(47)59-55-38-19-5-4-16-36(38)32-34-49(55)57/h1-35H. The largest absolute Gasteiger partial charge is 0.456 e. The molecule has 1 aliphatic heterocycles. The van der Waals surface area contributed by atoms with Crippen molar-refractivity contribution < 1.29 is 4.74 Å². The molecule has 0 saturated carbocycles. The maximum absolute atomic E-state index is 6.93. The zero-order valence-corrected chi connectivity index (χ0v) is 33.3. The Morgan fingerprint density at radius 3 is 1.95 bits per heavy atom. The summed E-state index contributed by atoms with van der Waals surface area (Å²) >= 11 is 1.87. The average molecular weight is 782 g/mol. The average Bonchev–Trinajstić information content (AvgIpc) is 3.84. The van der Waals surface area contributed by atoms with E-state index in [0.29, 0.717) is 0 Å². The highest BCUT2D eigenvalue weighted by Crippen LogP contribution is 2.64. The van der Waals surface area contributed by atoms with Crippen molar-refractivity contribution in [3.8, 4) is 33.8 Å². The molecule has 60 heavy (non-hydrogen) atoms. The number of hydrogen-bond acceptors (Lipinski definition) is 3. The molecule has 2 nitrogen and oxygen atoms in total. The Bertz CT molecular complexity index is 3550. The molecule has 0 saturated heterocycles. The van der Waals surface area contributed by atoms with Gasteiger partial charge in [0.25, 0.3) is 0 Å². The molecule has 3 heteroatoms. The maximum atomic E-state index is 6.93. The van der Waals surface area contributed by atoms with Gasteiger partial charge in [0.05, 0.1) is 21.5 Å². The number of para-hydroxylation sites is 2. The van der Waals surface area contributed by atoms with Crippen LogP contribution in [0.4, 0.5) is 17.1 Å². The summed E-state index contributed by atoms with van der Waals surface area (Å²) < 4.78 is 9.51. The van der Waals surface area contributed by atoms with Crippen LogP contribution in [0.2, 0.25) is 0 Å². The number of ether oxygens (including phenoxy) is 1. The highest BCUT2D eigenvalue weighted by Gasteiger charge is 2.52. The van der Waals surface area contributed by atoms with E-state index in [-0.39, 0.29) is 0 Å². The van der Waals surface area contributed by atoms with E-state index in [9.17, 15) is 0 Å². The summed E-state index contributed by atoms with van der Waals surface area (Å²) in [6, 6.07) is 77.8. The van der Waals surface area contributed by atoms with E-state index < -0.39 is 5.41 Å². The lowest BCUT2D eigenvalue weighted by molar-refractivity contribution is 0.441. The van der Waals surface area contributed by atoms with Crippen molar-refractivity contribution in [3.63, 3.8) is 0 Å². The second kappa shape index (κ2) is 12.8. The predicted octanol–water partition coefficient (Wildman–Crippen LogP) is 16.0. The molecule has 1 aromatic heterocycles. The van der Waals surface area contributed by atoms with Crippen molar-refractivity contribution in [1.29, 1.82) is 0 Å². The van der Waals surface area contributed by atoms with Gasteiger partial charge in [0, 0.05) is 43.1 Å². The molecule has 1 aliphatic carbocycles. The first kappa shape index (κ1) is 33.5. The second-order valence-corrected chi connectivity index (χ2v) is 16.9. The molecular weight excluding hydrogens is 747 g/mol. The molecule has 2 heterocycles. The van der Waals surface area contributed by atoms with Crippen molar-refractivity contribution in [2.45, 2.75) is 5.41 Å². The van der Waals surface area contributed by atoms with E-state index in [1.165, 1.54) is 86.5 Å². The molecular formula is C57H35NOS. The summed E-state index contributed by atoms with van der Waals surface area (Å²) in [6.07, 6.45) is 0. The number of fused-ring (bicyclic) bond motifs is 15. The van der Waals surface area contributed by atoms with E-state index in [4.69, 9.17) is 4.74 Å². The Morgan fingerprint density at radius 2 is 1.05 bits per heavy atom. The highest BCUT2D eigenvalue weighted by molar-refractivity contribution is 7.26. The van der Waals surface area contributed by atoms with E-state index in [0.717, 1.165) is 28.3 Å². The zero-order valence-electron chi connectivity index (χ0n) is 32.5. The van der Waals surface area contributed by atoms with Gasteiger partial charge in [-0.25, -0.2) is 0 Å². The number of hydrogen-bond donors (Lipinski definition) is 0. The Hall–Kier alpha value is -7.46. The molecule has 11 aromatic rings. The molecule has 0 amide bonds. The molecule has 1 spiro atoms. The first-order valence-corrected chi connectivity index (χ1v) is 21.4. The summed E-state index contributed by atoms with van der Waals surface area (Å²) in [5, 5.41) is 7.29. The van der Waals surface area contributed by atoms with Crippen LogP contribution in [0, 0.1) is 0 Å². The maximum Gasteiger partial charge on any atom is 0.140 e. The monoisotopic (exact) mass is 781 g/mol. The van der Waals surface area contributed by atoms with Crippen LogP contribution in [0.15, 0.2) is 212 Å². The van der Waals surface area contributed by atoms with E-state index in [1.54, 1.807) is 0 Å². The SMILES string of the molecule is c1ccc(N(c2ccc(-c3cccc4c3-c3ccccc3C43c4ccccc4Oc4c3ccc3ccccc43)c3ccccc23)c2cccc3c2sc2ccccc23)cc1. The Kier molecular flexibility index (Phi) is 7.13. The Balaban J connectivity index is 1.08. The van der Waals surface area contributed by atoms with Crippen molar-refractivity contribution in [2.75, 3.05) is 4.90 Å². The number of rotatable bonds is 4. The van der Waals surface area contributed by atoms with Crippen LogP contribution in [-0.4, -0.2) is 0 Å². The Labute approximate surface area is 351 Å². The summed E-state index contributed by atoms with van der Waals surface area (Å²) in [6.45, 7) is 0.